The number of piperidine rings is 2. The molecule has 4 aliphatic rings. The molecule has 4 aliphatic heterocycles. The van der Waals surface area contributed by atoms with Crippen molar-refractivity contribution in [1.29, 1.82) is 0 Å². The minimum Gasteiger partial charge on any atom is -0.311 e. The van der Waals surface area contributed by atoms with Crippen molar-refractivity contribution >= 4 is 67.7 Å². The first-order valence-corrected chi connectivity index (χ1v) is 25.0. The second kappa shape index (κ2) is 17.2. The molecule has 8 rings (SSSR count). The smallest absolute Gasteiger partial charge is 0.252 e. The summed E-state index contributed by atoms with van der Waals surface area (Å²) < 4.78 is 31.0. The number of halogens is 2. The third-order valence-corrected chi connectivity index (χ3v) is 16.1. The van der Waals surface area contributed by atoms with Crippen LogP contribution >= 0.6 is 45.9 Å². The van der Waals surface area contributed by atoms with Crippen LogP contribution in [0, 0.1) is 10.8 Å². The Morgan fingerprint density at radius 2 is 1.10 bits per heavy atom. The zero-order valence-electron chi connectivity index (χ0n) is 34.8. The van der Waals surface area contributed by atoms with Crippen molar-refractivity contribution < 1.29 is 18.0 Å². The summed E-state index contributed by atoms with van der Waals surface area (Å²) in [4.78, 5) is 28.6. The molecule has 1 N–H and O–H groups in total. The van der Waals surface area contributed by atoms with Crippen LogP contribution in [0.1, 0.15) is 147 Å². The van der Waals surface area contributed by atoms with Gasteiger partial charge >= 0.3 is 0 Å². The van der Waals surface area contributed by atoms with Crippen LogP contribution < -0.4 is 5.32 Å². The van der Waals surface area contributed by atoms with Crippen LogP contribution in [-0.4, -0.2) is 74.5 Å². The highest BCUT2D eigenvalue weighted by Gasteiger charge is 2.46. The van der Waals surface area contributed by atoms with Crippen molar-refractivity contribution in [2.24, 2.45) is 10.8 Å². The monoisotopic (exact) mass is 888 g/mol. The van der Waals surface area contributed by atoms with Crippen molar-refractivity contribution in [2.45, 2.75) is 155 Å². The average molecular weight is 890 g/mol. The van der Waals surface area contributed by atoms with Crippen LogP contribution in [0.2, 0.25) is 8.67 Å². The maximum Gasteiger partial charge on any atom is 0.252 e. The predicted octanol–water partition coefficient (Wildman–Crippen LogP) is 9.81. The van der Waals surface area contributed by atoms with Crippen molar-refractivity contribution in [2.75, 3.05) is 6.26 Å². The molecule has 4 atom stereocenters. The zero-order valence-corrected chi connectivity index (χ0v) is 38.7. The molecule has 10 nitrogen and oxygen atoms in total. The molecule has 0 aliphatic carbocycles. The van der Waals surface area contributed by atoms with Gasteiger partial charge in [-0.15, -0.1) is 22.7 Å². The molecule has 4 bridgehead atoms. The Labute approximate surface area is 362 Å². The zero-order chi connectivity index (χ0) is 41.7. The number of hydrogen-bond donors (Lipinski definition) is 1. The number of thiophene rings is 2. The van der Waals surface area contributed by atoms with E-state index in [1.807, 2.05) is 59.7 Å². The predicted molar refractivity (Wildman–Crippen MR) is 235 cm³/mol. The number of aryl methyl sites for hydroxylation is 4. The van der Waals surface area contributed by atoms with Gasteiger partial charge in [0.1, 0.15) is 0 Å². The van der Waals surface area contributed by atoms with E-state index >= 15 is 0 Å². The molecule has 4 aromatic rings. The molecule has 0 radical (unpaired) electrons. The Bertz CT molecular complexity index is 2200. The molecule has 0 saturated carbocycles. The summed E-state index contributed by atoms with van der Waals surface area (Å²) in [6, 6.07) is 13.5. The molecule has 0 spiro atoms. The molecule has 8 heterocycles. The van der Waals surface area contributed by atoms with E-state index in [1.165, 1.54) is 28.9 Å². The van der Waals surface area contributed by atoms with Gasteiger partial charge in [0.15, 0.2) is 0 Å². The number of carbonyl (C=O) groups excluding carboxylic acids is 2. The van der Waals surface area contributed by atoms with E-state index in [9.17, 15) is 18.0 Å². The third-order valence-electron chi connectivity index (χ3n) is 12.1. The first-order chi connectivity index (χ1) is 27.2. The Morgan fingerprint density at radius 1 is 0.690 bits per heavy atom. The lowest BCUT2D eigenvalue weighted by Gasteiger charge is -2.36. The van der Waals surface area contributed by atoms with Crippen LogP contribution in [0.4, 0.5) is 0 Å². The van der Waals surface area contributed by atoms with E-state index in [4.69, 9.17) is 33.4 Å². The third kappa shape index (κ3) is 10.0. The number of hydrogen-bond acceptors (Lipinski definition) is 9. The van der Waals surface area contributed by atoms with Crippen LogP contribution in [0.25, 0.3) is 0 Å². The van der Waals surface area contributed by atoms with Crippen LogP contribution in [0.3, 0.4) is 0 Å². The van der Waals surface area contributed by atoms with Crippen molar-refractivity contribution in [3.8, 4) is 0 Å². The summed E-state index contributed by atoms with van der Waals surface area (Å²) in [6.07, 6.45) is 12.7. The Morgan fingerprint density at radius 3 is 1.47 bits per heavy atom. The molecular formula is C43H58Cl2N6O4S3. The normalized spacial score (nSPS) is 24.8. The summed E-state index contributed by atoms with van der Waals surface area (Å²) in [5.41, 5.74) is 2.98. The van der Waals surface area contributed by atoms with Gasteiger partial charge in [0, 0.05) is 68.0 Å². The average Bonchev–Trinajstić information content (AvgIpc) is 4.00. The van der Waals surface area contributed by atoms with E-state index in [-0.39, 0.29) is 29.8 Å². The fourth-order valence-electron chi connectivity index (χ4n) is 9.31. The topological polar surface area (TPSA) is 119 Å². The van der Waals surface area contributed by atoms with E-state index in [2.05, 4.69) is 23.5 Å². The number of fused-ring (bicyclic) bond motifs is 4. The van der Waals surface area contributed by atoms with Gasteiger partial charge < -0.3 is 5.32 Å². The highest BCUT2D eigenvalue weighted by Crippen LogP contribution is 2.44. The van der Waals surface area contributed by atoms with Gasteiger partial charge in [0.2, 0.25) is 10.0 Å². The van der Waals surface area contributed by atoms with Gasteiger partial charge in [0.05, 0.1) is 26.3 Å². The second-order valence-corrected chi connectivity index (χ2v) is 24.4. The molecule has 4 aromatic heterocycles. The number of carbonyl (C=O) groups is 2. The molecule has 58 heavy (non-hydrogen) atoms. The lowest BCUT2D eigenvalue weighted by molar-refractivity contribution is 0.0737. The summed E-state index contributed by atoms with van der Waals surface area (Å²) in [7, 11) is -3.20. The molecule has 4 fully saturated rings. The van der Waals surface area contributed by atoms with Gasteiger partial charge in [-0.2, -0.15) is 14.5 Å². The first-order valence-electron chi connectivity index (χ1n) is 20.7. The second-order valence-electron chi connectivity index (χ2n) is 18.9. The standard InChI is InChI=1S/C22H30ClN3O3S2.C21H28ClN3OS/c1-22(2,3)21(27)25-15(7-8-18-9-10-20(23)30-18)13-19(24-25)14-11-16-5-6-17(12-14)26(16)31(4,28)29;1-21(2,3)20(26)25-16(6-7-17-8-9-19(22)27-17)12-18(24-25)13-10-14-4-5-15(11-13)23-14/h9-10,13-14,16-17H,5-8,11-12H2,1-4H3;8-9,12-15,23H,4-7,10-11H2,1-3H3. The highest BCUT2D eigenvalue weighted by atomic mass is 35.5. The van der Waals surface area contributed by atoms with Crippen LogP contribution in [0.15, 0.2) is 36.4 Å². The summed E-state index contributed by atoms with van der Waals surface area (Å²) in [6.45, 7) is 11.6. The largest absolute Gasteiger partial charge is 0.311 e. The minimum atomic E-state index is -3.20. The molecular weight excluding hydrogens is 832 g/mol. The van der Waals surface area contributed by atoms with Crippen molar-refractivity contribution in [3.05, 3.63) is 77.6 Å². The fourth-order valence-corrected chi connectivity index (χ4v) is 13.0. The highest BCUT2D eigenvalue weighted by molar-refractivity contribution is 7.88. The van der Waals surface area contributed by atoms with Gasteiger partial charge in [-0.05, 0) is 113 Å². The SMILES string of the molecule is CC(C)(C)C(=O)n1nc(C2CC3CCC(C2)N3)cc1CCc1ccc(Cl)s1.CC(C)(C)C(=O)n1nc(C2CC3CCC(C2)N3S(C)(=O)=O)cc1CCc1ccc(Cl)s1. The Kier molecular flexibility index (Phi) is 12.9. The number of sulfonamides is 1. The summed E-state index contributed by atoms with van der Waals surface area (Å²) in [5, 5.41) is 13.3. The van der Waals surface area contributed by atoms with E-state index in [1.54, 1.807) is 36.3 Å². The van der Waals surface area contributed by atoms with Crippen LogP contribution in [-0.2, 0) is 35.7 Å². The molecule has 0 amide bonds. The quantitative estimate of drug-likeness (QED) is 0.178. The molecule has 316 valence electrons. The number of aromatic nitrogens is 4. The summed E-state index contributed by atoms with van der Waals surface area (Å²) >= 11 is 15.3. The molecule has 4 saturated heterocycles. The van der Waals surface area contributed by atoms with E-state index in [0.717, 1.165) is 89.2 Å². The summed E-state index contributed by atoms with van der Waals surface area (Å²) in [5.74, 6) is 0.700. The van der Waals surface area contributed by atoms with Gasteiger partial charge in [-0.1, -0.05) is 64.7 Å². The van der Waals surface area contributed by atoms with Gasteiger partial charge in [-0.3, -0.25) is 9.59 Å². The Hall–Kier alpha value is -2.39. The maximum absolute atomic E-state index is 13.1. The molecule has 15 heteroatoms. The number of nitrogens with zero attached hydrogens (tertiary/aromatic N) is 5. The maximum atomic E-state index is 13.1. The van der Waals surface area contributed by atoms with E-state index in [0.29, 0.717) is 24.4 Å². The van der Waals surface area contributed by atoms with Crippen molar-refractivity contribution in [1.82, 2.24) is 29.2 Å². The minimum absolute atomic E-state index is 0.0190. The van der Waals surface area contributed by atoms with Gasteiger partial charge in [-0.25, -0.2) is 17.8 Å². The fraction of sp³-hybridized carbons (Fsp3) is 0.628. The van der Waals surface area contributed by atoms with Crippen LogP contribution in [0.5, 0.6) is 0 Å². The lowest BCUT2D eigenvalue weighted by Crippen LogP contribution is -2.45. The number of nitrogens with one attached hydrogen (secondary N) is 1. The van der Waals surface area contributed by atoms with Crippen molar-refractivity contribution in [3.63, 3.8) is 0 Å². The lowest BCUT2D eigenvalue weighted by atomic mass is 9.89. The number of rotatable bonds is 9. The van der Waals surface area contributed by atoms with E-state index < -0.39 is 20.9 Å². The Balaban J connectivity index is 0.000000178. The molecule has 4 unspecified atom stereocenters. The molecule has 0 aromatic carbocycles. The first kappa shape index (κ1) is 43.7. The van der Waals surface area contributed by atoms with Gasteiger partial charge in [0.25, 0.3) is 11.8 Å².